The molecule has 0 saturated carbocycles. The average Bonchev–Trinajstić information content (AvgIpc) is 2.44. The molecule has 0 radical (unpaired) electrons. The minimum Gasteiger partial charge on any atom is -0.326 e. The smallest absolute Gasteiger partial charge is 0.225 e. The third kappa shape index (κ3) is 5.54. The van der Waals surface area contributed by atoms with Gasteiger partial charge in [0.05, 0.1) is 11.6 Å². The van der Waals surface area contributed by atoms with E-state index in [9.17, 15) is 4.79 Å². The monoisotopic (exact) mass is 259 g/mol. The molecule has 1 aromatic rings. The second-order valence-electron chi connectivity index (χ2n) is 4.42. The van der Waals surface area contributed by atoms with E-state index in [-0.39, 0.29) is 5.91 Å². The van der Waals surface area contributed by atoms with Gasteiger partial charge in [-0.2, -0.15) is 5.26 Å². The molecule has 4 nitrogen and oxygen atoms in total. The fourth-order valence-corrected chi connectivity index (χ4v) is 1.86. The number of hydrogen-bond donors (Lipinski definition) is 1. The molecule has 0 unspecified atom stereocenters. The van der Waals surface area contributed by atoms with Gasteiger partial charge in [-0.25, -0.2) is 0 Å². The second kappa shape index (κ2) is 8.28. The molecule has 1 amide bonds. The van der Waals surface area contributed by atoms with E-state index in [0.717, 1.165) is 31.7 Å². The Bertz CT molecular complexity index is 434. The summed E-state index contributed by atoms with van der Waals surface area (Å²) in [5.41, 5.74) is 1.33. The minimum absolute atomic E-state index is 0.0132. The fraction of sp³-hybridized carbons (Fsp3) is 0.467. The highest BCUT2D eigenvalue weighted by atomic mass is 16.1. The van der Waals surface area contributed by atoms with E-state index in [1.807, 2.05) is 6.07 Å². The number of rotatable bonds is 7. The maximum atomic E-state index is 11.8. The summed E-state index contributed by atoms with van der Waals surface area (Å²) in [6.07, 6.45) is 1.60. The molecule has 0 aromatic heterocycles. The fourth-order valence-electron chi connectivity index (χ4n) is 1.86. The Morgan fingerprint density at radius 2 is 1.95 bits per heavy atom. The molecule has 0 aliphatic carbocycles. The van der Waals surface area contributed by atoms with Crippen LogP contribution in [0.5, 0.6) is 0 Å². The van der Waals surface area contributed by atoms with Gasteiger partial charge in [-0.1, -0.05) is 13.8 Å². The van der Waals surface area contributed by atoms with Gasteiger partial charge in [0.25, 0.3) is 0 Å². The number of nitrogens with one attached hydrogen (secondary N) is 1. The van der Waals surface area contributed by atoms with Crippen molar-refractivity contribution in [2.24, 2.45) is 0 Å². The van der Waals surface area contributed by atoms with Crippen molar-refractivity contribution >= 4 is 11.6 Å². The number of carbonyl (C=O) groups is 1. The van der Waals surface area contributed by atoms with Gasteiger partial charge in [0.2, 0.25) is 5.91 Å². The quantitative estimate of drug-likeness (QED) is 0.819. The lowest BCUT2D eigenvalue weighted by Crippen LogP contribution is -2.28. The third-order valence-corrected chi connectivity index (χ3v) is 2.94. The normalized spacial score (nSPS) is 10.2. The van der Waals surface area contributed by atoms with Crippen LogP contribution < -0.4 is 5.32 Å². The van der Waals surface area contributed by atoms with Gasteiger partial charge in [0, 0.05) is 18.7 Å². The Labute approximate surface area is 115 Å². The molecular weight excluding hydrogens is 238 g/mol. The van der Waals surface area contributed by atoms with Crippen molar-refractivity contribution in [3.63, 3.8) is 0 Å². The van der Waals surface area contributed by atoms with Crippen LogP contribution in [-0.4, -0.2) is 30.4 Å². The number of nitriles is 1. The number of benzene rings is 1. The van der Waals surface area contributed by atoms with E-state index in [0.29, 0.717) is 12.0 Å². The molecule has 0 bridgehead atoms. The highest BCUT2D eigenvalue weighted by Gasteiger charge is 2.06. The van der Waals surface area contributed by atoms with Crippen LogP contribution in [0.25, 0.3) is 0 Å². The Balaban J connectivity index is 2.40. The van der Waals surface area contributed by atoms with Crippen LogP contribution in [0.4, 0.5) is 5.69 Å². The zero-order chi connectivity index (χ0) is 14.1. The molecule has 0 atom stereocenters. The van der Waals surface area contributed by atoms with E-state index in [4.69, 9.17) is 5.26 Å². The van der Waals surface area contributed by atoms with E-state index in [2.05, 4.69) is 24.1 Å². The minimum atomic E-state index is 0.0132. The van der Waals surface area contributed by atoms with Crippen LogP contribution in [-0.2, 0) is 4.79 Å². The van der Waals surface area contributed by atoms with Crippen LogP contribution in [0.3, 0.4) is 0 Å². The standard InChI is InChI=1S/C15H21N3O/c1-3-10-18(4-2)11-9-15(19)17-14-7-5-13(12-16)6-8-14/h5-8H,3-4,9-11H2,1-2H3,(H,17,19). The van der Waals surface area contributed by atoms with Crippen LogP contribution in [0.15, 0.2) is 24.3 Å². The van der Waals surface area contributed by atoms with Crippen LogP contribution in [0, 0.1) is 11.3 Å². The number of carbonyl (C=O) groups excluding carboxylic acids is 1. The van der Waals surface area contributed by atoms with Crippen molar-refractivity contribution in [3.05, 3.63) is 29.8 Å². The van der Waals surface area contributed by atoms with Gasteiger partial charge in [-0.05, 0) is 43.8 Å². The molecule has 0 spiro atoms. The third-order valence-electron chi connectivity index (χ3n) is 2.94. The topological polar surface area (TPSA) is 56.1 Å². The predicted octanol–water partition coefficient (Wildman–Crippen LogP) is 2.62. The zero-order valence-electron chi connectivity index (χ0n) is 11.6. The SMILES string of the molecule is CCCN(CC)CCC(=O)Nc1ccc(C#N)cc1. The average molecular weight is 259 g/mol. The van der Waals surface area contributed by atoms with Crippen LogP contribution >= 0.6 is 0 Å². The Morgan fingerprint density at radius 1 is 1.26 bits per heavy atom. The summed E-state index contributed by atoms with van der Waals surface area (Å²) in [7, 11) is 0. The van der Waals surface area contributed by atoms with Gasteiger partial charge >= 0.3 is 0 Å². The number of amides is 1. The molecule has 1 aromatic carbocycles. The predicted molar refractivity (Wildman–Crippen MR) is 76.8 cm³/mol. The number of anilines is 1. The highest BCUT2D eigenvalue weighted by Crippen LogP contribution is 2.09. The van der Waals surface area contributed by atoms with Gasteiger partial charge in [0.15, 0.2) is 0 Å². The lowest BCUT2D eigenvalue weighted by Gasteiger charge is -2.18. The molecule has 0 aliphatic rings. The maximum Gasteiger partial charge on any atom is 0.225 e. The van der Waals surface area contributed by atoms with Gasteiger partial charge in [-0.15, -0.1) is 0 Å². The molecule has 19 heavy (non-hydrogen) atoms. The van der Waals surface area contributed by atoms with Gasteiger partial charge in [-0.3, -0.25) is 4.79 Å². The summed E-state index contributed by atoms with van der Waals surface area (Å²) < 4.78 is 0. The van der Waals surface area contributed by atoms with Crippen molar-refractivity contribution in [1.82, 2.24) is 4.90 Å². The summed E-state index contributed by atoms with van der Waals surface area (Å²) in [4.78, 5) is 14.1. The Kier molecular flexibility index (Phi) is 6.62. The molecule has 1 N–H and O–H groups in total. The van der Waals surface area contributed by atoms with E-state index >= 15 is 0 Å². The van der Waals surface area contributed by atoms with Crippen molar-refractivity contribution in [1.29, 1.82) is 5.26 Å². The number of nitrogens with zero attached hydrogens (tertiary/aromatic N) is 2. The molecular formula is C15H21N3O. The van der Waals surface area contributed by atoms with Crippen molar-refractivity contribution in [3.8, 4) is 6.07 Å². The van der Waals surface area contributed by atoms with Crippen molar-refractivity contribution < 1.29 is 4.79 Å². The first-order valence-corrected chi connectivity index (χ1v) is 6.72. The maximum absolute atomic E-state index is 11.8. The lowest BCUT2D eigenvalue weighted by atomic mass is 10.2. The molecule has 0 heterocycles. The molecule has 1 rings (SSSR count). The number of hydrogen-bond acceptors (Lipinski definition) is 3. The Morgan fingerprint density at radius 3 is 2.47 bits per heavy atom. The zero-order valence-corrected chi connectivity index (χ0v) is 11.6. The second-order valence-corrected chi connectivity index (χ2v) is 4.42. The molecule has 0 saturated heterocycles. The molecule has 0 aliphatic heterocycles. The summed E-state index contributed by atoms with van der Waals surface area (Å²) in [6, 6.07) is 8.95. The van der Waals surface area contributed by atoms with Crippen LogP contribution in [0.1, 0.15) is 32.3 Å². The van der Waals surface area contributed by atoms with Gasteiger partial charge in [0.1, 0.15) is 0 Å². The molecule has 4 heteroatoms. The molecule has 102 valence electrons. The highest BCUT2D eigenvalue weighted by molar-refractivity contribution is 5.90. The summed E-state index contributed by atoms with van der Waals surface area (Å²) in [6.45, 7) is 7.03. The van der Waals surface area contributed by atoms with E-state index in [1.54, 1.807) is 24.3 Å². The van der Waals surface area contributed by atoms with Crippen molar-refractivity contribution in [2.75, 3.05) is 25.0 Å². The van der Waals surface area contributed by atoms with E-state index < -0.39 is 0 Å². The van der Waals surface area contributed by atoms with Crippen LogP contribution in [0.2, 0.25) is 0 Å². The van der Waals surface area contributed by atoms with Crippen molar-refractivity contribution in [2.45, 2.75) is 26.7 Å². The largest absolute Gasteiger partial charge is 0.326 e. The summed E-state index contributed by atoms with van der Waals surface area (Å²) in [5, 5.41) is 11.5. The summed E-state index contributed by atoms with van der Waals surface area (Å²) >= 11 is 0. The first-order valence-electron chi connectivity index (χ1n) is 6.72. The summed E-state index contributed by atoms with van der Waals surface area (Å²) in [5.74, 6) is 0.0132. The lowest BCUT2D eigenvalue weighted by molar-refractivity contribution is -0.116. The first kappa shape index (κ1) is 15.2. The molecule has 0 fully saturated rings. The van der Waals surface area contributed by atoms with Gasteiger partial charge < -0.3 is 10.2 Å². The Hall–Kier alpha value is -1.86. The first-order chi connectivity index (χ1) is 9.19. The van der Waals surface area contributed by atoms with E-state index in [1.165, 1.54) is 0 Å².